The van der Waals surface area contributed by atoms with Crippen molar-refractivity contribution in [1.29, 1.82) is 0 Å². The Balaban J connectivity index is 1.77. The van der Waals surface area contributed by atoms with Gasteiger partial charge in [-0.15, -0.1) is 0 Å². The van der Waals surface area contributed by atoms with Crippen LogP contribution in [0.15, 0.2) is 48.8 Å². The number of urea groups is 1. The highest BCUT2D eigenvalue weighted by Gasteiger charge is 2.06. The predicted molar refractivity (Wildman–Crippen MR) is 87.4 cm³/mol. The van der Waals surface area contributed by atoms with Gasteiger partial charge in [-0.05, 0) is 49.2 Å². The molecule has 0 atom stereocenters. The van der Waals surface area contributed by atoms with Crippen LogP contribution in [0.1, 0.15) is 22.8 Å². The lowest BCUT2D eigenvalue weighted by Crippen LogP contribution is -2.30. The third kappa shape index (κ3) is 5.43. The van der Waals surface area contributed by atoms with Crippen molar-refractivity contribution < 1.29 is 14.3 Å². The van der Waals surface area contributed by atoms with Gasteiger partial charge in [0, 0.05) is 24.6 Å². The van der Waals surface area contributed by atoms with Crippen LogP contribution in [0.25, 0.3) is 0 Å². The third-order valence-electron chi connectivity index (χ3n) is 3.08. The number of benzene rings is 1. The maximum atomic E-state index is 11.8. The molecular formula is C17H19N3O3. The summed E-state index contributed by atoms with van der Waals surface area (Å²) >= 11 is 0. The lowest BCUT2D eigenvalue weighted by atomic mass is 10.2. The summed E-state index contributed by atoms with van der Waals surface area (Å²) in [4.78, 5) is 27.3. The highest BCUT2D eigenvalue weighted by atomic mass is 16.5. The fourth-order valence-corrected chi connectivity index (χ4v) is 1.95. The Kier molecular flexibility index (Phi) is 6.11. The fraction of sp³-hybridized carbons (Fsp3) is 0.235. The van der Waals surface area contributed by atoms with Crippen LogP contribution in [0.5, 0.6) is 0 Å². The first-order valence-electron chi connectivity index (χ1n) is 7.40. The first kappa shape index (κ1) is 16.5. The van der Waals surface area contributed by atoms with E-state index in [0.29, 0.717) is 30.8 Å². The minimum absolute atomic E-state index is 0.294. The molecule has 0 aliphatic carbocycles. The van der Waals surface area contributed by atoms with E-state index < -0.39 is 0 Å². The van der Waals surface area contributed by atoms with Crippen LogP contribution in [-0.4, -0.2) is 30.1 Å². The van der Waals surface area contributed by atoms with E-state index in [-0.39, 0.29) is 12.0 Å². The Labute approximate surface area is 134 Å². The molecule has 6 heteroatoms. The van der Waals surface area contributed by atoms with E-state index in [0.717, 1.165) is 5.56 Å². The second-order valence-corrected chi connectivity index (χ2v) is 4.79. The standard InChI is InChI=1S/C17H19N3O3/c1-2-23-16(21)14-5-7-15(8-6-14)20-17(22)19-11-9-13-4-3-10-18-12-13/h3-8,10,12H,2,9,11H2,1H3,(H2,19,20,22). The molecular weight excluding hydrogens is 294 g/mol. The van der Waals surface area contributed by atoms with Crippen LogP contribution in [-0.2, 0) is 11.2 Å². The molecule has 1 heterocycles. The van der Waals surface area contributed by atoms with Crippen molar-refractivity contribution in [1.82, 2.24) is 10.3 Å². The fourth-order valence-electron chi connectivity index (χ4n) is 1.95. The highest BCUT2D eigenvalue weighted by Crippen LogP contribution is 2.10. The van der Waals surface area contributed by atoms with Crippen LogP contribution in [0.4, 0.5) is 10.5 Å². The molecule has 0 fully saturated rings. The number of aromatic nitrogens is 1. The number of ether oxygens (including phenoxy) is 1. The van der Waals surface area contributed by atoms with Gasteiger partial charge in [0.15, 0.2) is 0 Å². The minimum atomic E-state index is -0.375. The number of esters is 1. The zero-order chi connectivity index (χ0) is 16.5. The molecule has 0 spiro atoms. The van der Waals surface area contributed by atoms with Crippen LogP contribution < -0.4 is 10.6 Å². The number of pyridine rings is 1. The van der Waals surface area contributed by atoms with Crippen LogP contribution in [0, 0.1) is 0 Å². The maximum Gasteiger partial charge on any atom is 0.338 e. The second kappa shape index (κ2) is 8.53. The predicted octanol–water partition coefficient (Wildman–Crippen LogP) is 2.62. The zero-order valence-corrected chi connectivity index (χ0v) is 12.9. The van der Waals surface area contributed by atoms with Gasteiger partial charge in [0.2, 0.25) is 0 Å². The molecule has 2 aromatic rings. The van der Waals surface area contributed by atoms with E-state index in [1.165, 1.54) is 0 Å². The summed E-state index contributed by atoms with van der Waals surface area (Å²) in [6, 6.07) is 10.1. The molecule has 0 aliphatic rings. The topological polar surface area (TPSA) is 80.3 Å². The monoisotopic (exact) mass is 313 g/mol. The van der Waals surface area contributed by atoms with Gasteiger partial charge in [-0.2, -0.15) is 0 Å². The molecule has 2 amide bonds. The van der Waals surface area contributed by atoms with Gasteiger partial charge in [-0.1, -0.05) is 6.07 Å². The van der Waals surface area contributed by atoms with Crippen molar-refractivity contribution in [2.24, 2.45) is 0 Å². The van der Waals surface area contributed by atoms with E-state index in [1.807, 2.05) is 12.1 Å². The molecule has 1 aromatic heterocycles. The van der Waals surface area contributed by atoms with Crippen LogP contribution in [0.3, 0.4) is 0 Å². The average molecular weight is 313 g/mol. The molecule has 0 aliphatic heterocycles. The molecule has 1 aromatic carbocycles. The van der Waals surface area contributed by atoms with Crippen molar-refractivity contribution in [3.05, 3.63) is 59.9 Å². The zero-order valence-electron chi connectivity index (χ0n) is 12.9. The number of rotatable bonds is 6. The molecule has 0 saturated heterocycles. The lowest BCUT2D eigenvalue weighted by molar-refractivity contribution is 0.0526. The van der Waals surface area contributed by atoms with Gasteiger partial charge < -0.3 is 15.4 Å². The highest BCUT2D eigenvalue weighted by molar-refractivity contribution is 5.92. The van der Waals surface area contributed by atoms with Gasteiger partial charge >= 0.3 is 12.0 Å². The Morgan fingerprint density at radius 3 is 2.61 bits per heavy atom. The van der Waals surface area contributed by atoms with Gasteiger partial charge in [-0.25, -0.2) is 9.59 Å². The first-order chi connectivity index (χ1) is 11.2. The summed E-state index contributed by atoms with van der Waals surface area (Å²) in [6.45, 7) is 2.60. The Hall–Kier alpha value is -2.89. The number of amides is 2. The molecule has 23 heavy (non-hydrogen) atoms. The van der Waals surface area contributed by atoms with Crippen molar-refractivity contribution in [3.8, 4) is 0 Å². The summed E-state index contributed by atoms with van der Waals surface area (Å²) in [5.74, 6) is -0.375. The third-order valence-corrected chi connectivity index (χ3v) is 3.08. The number of carbonyl (C=O) groups is 2. The normalized spacial score (nSPS) is 9.96. The Morgan fingerprint density at radius 2 is 1.96 bits per heavy atom. The van der Waals surface area contributed by atoms with Gasteiger partial charge in [0.1, 0.15) is 0 Å². The van der Waals surface area contributed by atoms with E-state index in [2.05, 4.69) is 15.6 Å². The molecule has 0 bridgehead atoms. The number of hydrogen-bond acceptors (Lipinski definition) is 4. The largest absolute Gasteiger partial charge is 0.462 e. The van der Waals surface area contributed by atoms with Gasteiger partial charge in [-0.3, -0.25) is 4.98 Å². The molecule has 2 N–H and O–H groups in total. The Bertz CT molecular complexity index is 642. The van der Waals surface area contributed by atoms with E-state index in [9.17, 15) is 9.59 Å². The molecule has 120 valence electrons. The SMILES string of the molecule is CCOC(=O)c1ccc(NC(=O)NCCc2cccnc2)cc1. The van der Waals surface area contributed by atoms with E-state index in [4.69, 9.17) is 4.74 Å². The molecule has 2 rings (SSSR count). The summed E-state index contributed by atoms with van der Waals surface area (Å²) in [5, 5.41) is 5.48. The molecule has 0 unspecified atom stereocenters. The molecule has 0 saturated carbocycles. The Morgan fingerprint density at radius 1 is 1.17 bits per heavy atom. The summed E-state index contributed by atoms with van der Waals surface area (Å²) < 4.78 is 4.90. The van der Waals surface area contributed by atoms with Crippen molar-refractivity contribution in [2.45, 2.75) is 13.3 Å². The van der Waals surface area contributed by atoms with Crippen molar-refractivity contribution >= 4 is 17.7 Å². The second-order valence-electron chi connectivity index (χ2n) is 4.79. The summed E-state index contributed by atoms with van der Waals surface area (Å²) in [7, 11) is 0. The van der Waals surface area contributed by atoms with Gasteiger partial charge in [0.05, 0.1) is 12.2 Å². The molecule has 6 nitrogen and oxygen atoms in total. The van der Waals surface area contributed by atoms with E-state index in [1.54, 1.807) is 43.6 Å². The maximum absolute atomic E-state index is 11.8. The van der Waals surface area contributed by atoms with Crippen molar-refractivity contribution in [2.75, 3.05) is 18.5 Å². The summed E-state index contributed by atoms with van der Waals surface area (Å²) in [5.41, 5.74) is 2.12. The first-order valence-corrected chi connectivity index (χ1v) is 7.40. The number of carbonyl (C=O) groups excluding carboxylic acids is 2. The van der Waals surface area contributed by atoms with Crippen molar-refractivity contribution in [3.63, 3.8) is 0 Å². The lowest BCUT2D eigenvalue weighted by Gasteiger charge is -2.08. The van der Waals surface area contributed by atoms with E-state index >= 15 is 0 Å². The van der Waals surface area contributed by atoms with Crippen LogP contribution in [0.2, 0.25) is 0 Å². The van der Waals surface area contributed by atoms with Crippen LogP contribution >= 0.6 is 0 Å². The van der Waals surface area contributed by atoms with Gasteiger partial charge in [0.25, 0.3) is 0 Å². The number of nitrogens with zero attached hydrogens (tertiary/aromatic N) is 1. The summed E-state index contributed by atoms with van der Waals surface area (Å²) in [6.07, 6.45) is 4.19. The number of nitrogens with one attached hydrogen (secondary N) is 2. The minimum Gasteiger partial charge on any atom is -0.462 e. The molecule has 0 radical (unpaired) electrons. The number of hydrogen-bond donors (Lipinski definition) is 2. The number of anilines is 1. The quantitative estimate of drug-likeness (QED) is 0.803. The average Bonchev–Trinajstić information content (AvgIpc) is 2.57. The smallest absolute Gasteiger partial charge is 0.338 e.